The normalized spacial score (nSPS) is 15.8. The lowest BCUT2D eigenvalue weighted by molar-refractivity contribution is -0.139. The van der Waals surface area contributed by atoms with Crippen LogP contribution in [0.15, 0.2) is 33.0 Å². The van der Waals surface area contributed by atoms with Crippen LogP contribution in [0, 0.1) is 0 Å². The molecule has 2 rings (SSSR count). The fourth-order valence-corrected chi connectivity index (χ4v) is 2.92. The Morgan fingerprint density at radius 2 is 2.00 bits per heavy atom. The van der Waals surface area contributed by atoms with Gasteiger partial charge < -0.3 is 15.2 Å². The zero-order valence-electron chi connectivity index (χ0n) is 15.7. The van der Waals surface area contributed by atoms with E-state index >= 15 is 0 Å². The molecule has 1 aliphatic heterocycles. The molecule has 0 saturated carbocycles. The number of hydrogen-bond donors (Lipinski definition) is 2. The first-order chi connectivity index (χ1) is 12.6. The number of alkyl carbamates (subject to hydrolysis) is 1. The maximum Gasteiger partial charge on any atom is 0.408 e. The Bertz CT molecular complexity index is 712. The average molecular weight is 441 g/mol. The number of amides is 1. The zero-order valence-corrected chi connectivity index (χ0v) is 17.3. The van der Waals surface area contributed by atoms with Crippen LogP contribution in [0.4, 0.5) is 10.5 Å². The van der Waals surface area contributed by atoms with Crippen LogP contribution in [0.1, 0.15) is 39.2 Å². The predicted octanol–water partition coefficient (Wildman–Crippen LogP) is 4.06. The molecule has 0 bridgehead atoms. The lowest BCUT2D eigenvalue weighted by Crippen LogP contribution is -2.44. The number of carboxylic acid groups (broad SMARTS) is 1. The van der Waals surface area contributed by atoms with Crippen molar-refractivity contribution in [2.45, 2.75) is 51.7 Å². The van der Waals surface area contributed by atoms with Crippen molar-refractivity contribution in [2.24, 2.45) is 10.3 Å². The summed E-state index contributed by atoms with van der Waals surface area (Å²) in [6.45, 7) is 6.88. The van der Waals surface area contributed by atoms with Gasteiger partial charge in [0.2, 0.25) is 0 Å². The summed E-state index contributed by atoms with van der Waals surface area (Å²) in [5, 5.41) is 22.3. The number of carboxylic acids is 1. The maximum absolute atomic E-state index is 11.9. The molecule has 1 unspecified atom stereocenters. The van der Waals surface area contributed by atoms with Crippen LogP contribution in [0.3, 0.4) is 0 Å². The summed E-state index contributed by atoms with van der Waals surface area (Å²) < 4.78 is 5.96. The molecular formula is C18H25BrN4O4. The Morgan fingerprint density at radius 1 is 1.33 bits per heavy atom. The molecule has 0 aliphatic carbocycles. The van der Waals surface area contributed by atoms with Crippen LogP contribution in [0.25, 0.3) is 0 Å². The van der Waals surface area contributed by atoms with E-state index < -0.39 is 23.7 Å². The van der Waals surface area contributed by atoms with Crippen LogP contribution < -0.4 is 5.32 Å². The minimum absolute atomic E-state index is 0.0657. The molecule has 1 fully saturated rings. The molecule has 9 heteroatoms. The molecule has 27 heavy (non-hydrogen) atoms. The molecular weight excluding hydrogens is 416 g/mol. The Labute approximate surface area is 167 Å². The largest absolute Gasteiger partial charge is 0.480 e. The second-order valence-electron chi connectivity index (χ2n) is 7.36. The van der Waals surface area contributed by atoms with E-state index in [1.54, 1.807) is 39.0 Å². The highest BCUT2D eigenvalue weighted by atomic mass is 79.9. The summed E-state index contributed by atoms with van der Waals surface area (Å²) in [6, 6.07) is 4.22. The van der Waals surface area contributed by atoms with Gasteiger partial charge in [0, 0.05) is 24.0 Å². The van der Waals surface area contributed by atoms with Crippen molar-refractivity contribution in [3.05, 3.63) is 28.2 Å². The van der Waals surface area contributed by atoms with Crippen molar-refractivity contribution >= 4 is 33.7 Å². The van der Waals surface area contributed by atoms with Crippen molar-refractivity contribution in [3.8, 4) is 0 Å². The van der Waals surface area contributed by atoms with Gasteiger partial charge in [-0.1, -0.05) is 27.2 Å². The number of hydrogen-bond acceptors (Lipinski definition) is 5. The predicted molar refractivity (Wildman–Crippen MR) is 104 cm³/mol. The first-order valence-electron chi connectivity index (χ1n) is 8.81. The Kier molecular flexibility index (Phi) is 7.18. The van der Waals surface area contributed by atoms with Gasteiger partial charge >= 0.3 is 12.1 Å². The summed E-state index contributed by atoms with van der Waals surface area (Å²) in [5.41, 5.74) is 0.526. The Balaban J connectivity index is 2.14. The van der Waals surface area contributed by atoms with Crippen LogP contribution >= 0.6 is 15.9 Å². The summed E-state index contributed by atoms with van der Waals surface area (Å²) in [4.78, 5) is 23.6. The van der Waals surface area contributed by atoms with Gasteiger partial charge in [0.15, 0.2) is 0 Å². The van der Waals surface area contributed by atoms with Crippen LogP contribution in [0.2, 0.25) is 0 Å². The van der Waals surface area contributed by atoms with E-state index in [2.05, 4.69) is 31.6 Å². The molecule has 0 spiro atoms. The first-order valence-corrected chi connectivity index (χ1v) is 9.61. The van der Waals surface area contributed by atoms with Gasteiger partial charge in [-0.3, -0.25) is 5.01 Å². The maximum atomic E-state index is 11.9. The molecule has 1 heterocycles. The number of nitrogens with one attached hydrogen (secondary N) is 1. The molecule has 1 amide bonds. The molecule has 1 aliphatic rings. The van der Waals surface area contributed by atoms with Crippen molar-refractivity contribution in [1.29, 1.82) is 0 Å². The topological polar surface area (TPSA) is 104 Å². The average Bonchev–Trinajstić information content (AvgIpc) is 3.05. The van der Waals surface area contributed by atoms with Gasteiger partial charge in [-0.15, -0.1) is 5.11 Å². The van der Waals surface area contributed by atoms with Gasteiger partial charge in [0.25, 0.3) is 0 Å². The lowest BCUT2D eigenvalue weighted by Gasteiger charge is -2.22. The SMILES string of the molecule is CC(C)(C)OC(=O)NC(Cc1ccc(Br)cc1/N=N/N1CCCC1)C(=O)O. The molecule has 148 valence electrons. The summed E-state index contributed by atoms with van der Waals surface area (Å²) >= 11 is 3.40. The number of rotatable bonds is 6. The monoisotopic (exact) mass is 440 g/mol. The third-order valence-electron chi connectivity index (χ3n) is 3.82. The quantitative estimate of drug-likeness (QED) is 0.648. The van der Waals surface area contributed by atoms with Crippen molar-refractivity contribution in [1.82, 2.24) is 10.3 Å². The highest BCUT2D eigenvalue weighted by Gasteiger charge is 2.25. The van der Waals surface area contributed by atoms with Gasteiger partial charge in [-0.25, -0.2) is 9.59 Å². The highest BCUT2D eigenvalue weighted by molar-refractivity contribution is 9.10. The molecule has 1 saturated heterocycles. The van der Waals surface area contributed by atoms with E-state index in [9.17, 15) is 14.7 Å². The van der Waals surface area contributed by atoms with E-state index in [-0.39, 0.29) is 6.42 Å². The van der Waals surface area contributed by atoms with Crippen LogP contribution in [-0.2, 0) is 16.0 Å². The summed E-state index contributed by atoms with van der Waals surface area (Å²) in [6.07, 6.45) is 1.47. The van der Waals surface area contributed by atoms with Crippen molar-refractivity contribution in [2.75, 3.05) is 13.1 Å². The second kappa shape index (κ2) is 9.16. The smallest absolute Gasteiger partial charge is 0.408 e. The first kappa shape index (κ1) is 21.1. The zero-order chi connectivity index (χ0) is 20.0. The number of carbonyl (C=O) groups is 2. The third kappa shape index (κ3) is 7.16. The number of benzene rings is 1. The molecule has 0 radical (unpaired) electrons. The molecule has 8 nitrogen and oxygen atoms in total. The Morgan fingerprint density at radius 3 is 2.59 bits per heavy atom. The standard InChI is InChI=1S/C18H25BrN4O4/c1-18(2,3)27-17(26)20-15(16(24)25)10-12-6-7-13(19)11-14(12)21-22-23-8-4-5-9-23/h6-7,11,15H,4-5,8-10H2,1-3H3,(H,20,26)(H,24,25)/b22-21+. The molecule has 2 N–H and O–H groups in total. The lowest BCUT2D eigenvalue weighted by atomic mass is 10.0. The van der Waals surface area contributed by atoms with E-state index in [1.807, 2.05) is 5.01 Å². The highest BCUT2D eigenvalue weighted by Crippen LogP contribution is 2.26. The van der Waals surface area contributed by atoms with Crippen molar-refractivity contribution < 1.29 is 19.4 Å². The minimum atomic E-state index is -1.15. The second-order valence-corrected chi connectivity index (χ2v) is 8.28. The summed E-state index contributed by atoms with van der Waals surface area (Å²) in [7, 11) is 0. The molecule has 0 aromatic heterocycles. The molecule has 1 aromatic rings. The van der Waals surface area contributed by atoms with Crippen LogP contribution in [-0.4, -0.2) is 46.9 Å². The number of carbonyl (C=O) groups excluding carboxylic acids is 1. The van der Waals surface area contributed by atoms with Gasteiger partial charge in [0.05, 0.1) is 5.69 Å². The summed E-state index contributed by atoms with van der Waals surface area (Å²) in [5.74, 6) is -1.15. The van der Waals surface area contributed by atoms with Crippen molar-refractivity contribution in [3.63, 3.8) is 0 Å². The molecule has 1 aromatic carbocycles. The Hall–Kier alpha value is -2.16. The van der Waals surface area contributed by atoms with Gasteiger partial charge in [-0.2, -0.15) is 0 Å². The van der Waals surface area contributed by atoms with E-state index in [0.29, 0.717) is 11.3 Å². The van der Waals surface area contributed by atoms with E-state index in [0.717, 1.165) is 30.4 Å². The number of aliphatic carboxylic acids is 1. The van der Waals surface area contributed by atoms with Crippen LogP contribution in [0.5, 0.6) is 0 Å². The number of nitrogens with zero attached hydrogens (tertiary/aromatic N) is 3. The van der Waals surface area contributed by atoms with E-state index in [1.165, 1.54) is 0 Å². The fourth-order valence-electron chi connectivity index (χ4n) is 2.57. The minimum Gasteiger partial charge on any atom is -0.480 e. The number of halogens is 1. The molecule has 1 atom stereocenters. The van der Waals surface area contributed by atoms with Gasteiger partial charge in [-0.05, 0) is 51.3 Å². The fraction of sp³-hybridized carbons (Fsp3) is 0.556. The third-order valence-corrected chi connectivity index (χ3v) is 4.32. The van der Waals surface area contributed by atoms with E-state index in [4.69, 9.17) is 4.74 Å². The number of ether oxygens (including phenoxy) is 1. The van der Waals surface area contributed by atoms with Gasteiger partial charge in [0.1, 0.15) is 11.6 Å².